The van der Waals surface area contributed by atoms with Gasteiger partial charge in [0.15, 0.2) is 0 Å². The Morgan fingerprint density at radius 3 is 2.26 bits per heavy atom. The van der Waals surface area contributed by atoms with Crippen LogP contribution in [0.5, 0.6) is 0 Å². The Kier molecular flexibility index (Phi) is 16.4. The fraction of sp³-hybridized carbons (Fsp3) is 0.750. The van der Waals surface area contributed by atoms with E-state index in [0.29, 0.717) is 6.42 Å². The largest absolute Gasteiger partial charge is 0.481 e. The fourth-order valence-corrected chi connectivity index (χ4v) is 2.46. The van der Waals surface area contributed by atoms with Crippen molar-refractivity contribution in [2.45, 2.75) is 96.5 Å². The molecule has 134 valence electrons. The molecule has 0 fully saturated rings. The Balaban J connectivity index is 3.33. The van der Waals surface area contributed by atoms with Gasteiger partial charge in [0.25, 0.3) is 0 Å². The molecular formula is C20H36O3. The Bertz CT molecular complexity index is 321. The molecule has 0 spiro atoms. The average Bonchev–Trinajstić information content (AvgIpc) is 2.51. The summed E-state index contributed by atoms with van der Waals surface area (Å²) in [4.78, 5) is 10.3. The number of carboxylic acid groups (broad SMARTS) is 1. The SMILES string of the molecule is CCCCCC(O)CCC=CCC=CCCCCCCC(=O)O. The summed E-state index contributed by atoms with van der Waals surface area (Å²) in [5.74, 6) is -0.690. The second kappa shape index (κ2) is 17.3. The highest BCUT2D eigenvalue weighted by Crippen LogP contribution is 2.09. The number of hydrogen-bond donors (Lipinski definition) is 2. The van der Waals surface area contributed by atoms with Crippen LogP contribution >= 0.6 is 0 Å². The van der Waals surface area contributed by atoms with Crippen LogP contribution in [0, 0.1) is 0 Å². The molecule has 0 bridgehead atoms. The van der Waals surface area contributed by atoms with Gasteiger partial charge in [-0.1, -0.05) is 63.3 Å². The van der Waals surface area contributed by atoms with E-state index in [1.54, 1.807) is 0 Å². The monoisotopic (exact) mass is 324 g/mol. The maximum absolute atomic E-state index is 10.3. The molecule has 0 heterocycles. The van der Waals surface area contributed by atoms with E-state index in [4.69, 9.17) is 5.11 Å². The minimum absolute atomic E-state index is 0.136. The van der Waals surface area contributed by atoms with Crippen molar-refractivity contribution in [1.82, 2.24) is 0 Å². The molecule has 0 saturated heterocycles. The van der Waals surface area contributed by atoms with E-state index in [-0.39, 0.29) is 6.10 Å². The summed E-state index contributed by atoms with van der Waals surface area (Å²) in [6.07, 6.45) is 21.4. The fourth-order valence-electron chi connectivity index (χ4n) is 2.46. The lowest BCUT2D eigenvalue weighted by molar-refractivity contribution is -0.137. The van der Waals surface area contributed by atoms with Crippen LogP contribution in [-0.4, -0.2) is 22.3 Å². The second-order valence-electron chi connectivity index (χ2n) is 6.25. The van der Waals surface area contributed by atoms with Crippen LogP contribution in [0.25, 0.3) is 0 Å². The van der Waals surface area contributed by atoms with Gasteiger partial charge in [-0.25, -0.2) is 0 Å². The van der Waals surface area contributed by atoms with Crippen LogP contribution in [0.3, 0.4) is 0 Å². The van der Waals surface area contributed by atoms with E-state index in [9.17, 15) is 9.90 Å². The van der Waals surface area contributed by atoms with Crippen LogP contribution in [0.15, 0.2) is 24.3 Å². The molecule has 0 radical (unpaired) electrons. The number of aliphatic carboxylic acids is 1. The quantitative estimate of drug-likeness (QED) is 0.285. The summed E-state index contributed by atoms with van der Waals surface area (Å²) in [6, 6.07) is 0. The number of allylic oxidation sites excluding steroid dienone is 4. The molecule has 0 aromatic carbocycles. The molecule has 1 unspecified atom stereocenters. The minimum Gasteiger partial charge on any atom is -0.481 e. The van der Waals surface area contributed by atoms with E-state index in [2.05, 4.69) is 31.2 Å². The van der Waals surface area contributed by atoms with E-state index >= 15 is 0 Å². The smallest absolute Gasteiger partial charge is 0.303 e. The lowest BCUT2D eigenvalue weighted by atomic mass is 10.1. The van der Waals surface area contributed by atoms with Crippen molar-refractivity contribution >= 4 is 5.97 Å². The molecule has 0 aliphatic heterocycles. The highest BCUT2D eigenvalue weighted by Gasteiger charge is 2.01. The highest BCUT2D eigenvalue weighted by atomic mass is 16.4. The van der Waals surface area contributed by atoms with Gasteiger partial charge in [0.1, 0.15) is 0 Å². The van der Waals surface area contributed by atoms with Gasteiger partial charge in [0.05, 0.1) is 6.10 Å². The van der Waals surface area contributed by atoms with Gasteiger partial charge in [-0.2, -0.15) is 0 Å². The number of aliphatic hydroxyl groups excluding tert-OH is 1. The number of aliphatic hydroxyl groups is 1. The molecule has 0 amide bonds. The van der Waals surface area contributed by atoms with E-state index in [1.165, 1.54) is 12.8 Å². The zero-order valence-corrected chi connectivity index (χ0v) is 14.9. The molecular weight excluding hydrogens is 288 g/mol. The standard InChI is InChI=1S/C20H36O3/c1-2-3-13-16-19(21)17-14-11-9-7-5-4-6-8-10-12-15-18-20(22)23/h4-5,9,11,19,21H,2-3,6-8,10,12-18H2,1H3,(H,22,23). The first-order valence-electron chi connectivity index (χ1n) is 9.36. The second-order valence-corrected chi connectivity index (χ2v) is 6.25. The molecule has 1 atom stereocenters. The van der Waals surface area contributed by atoms with Gasteiger partial charge in [-0.15, -0.1) is 0 Å². The number of rotatable bonds is 16. The third-order valence-corrected chi connectivity index (χ3v) is 3.92. The molecule has 2 N–H and O–H groups in total. The molecule has 23 heavy (non-hydrogen) atoms. The summed E-state index contributed by atoms with van der Waals surface area (Å²) in [5.41, 5.74) is 0. The van der Waals surface area contributed by atoms with Crippen LogP contribution in [-0.2, 0) is 4.79 Å². The zero-order valence-electron chi connectivity index (χ0n) is 14.9. The number of unbranched alkanes of at least 4 members (excludes halogenated alkanes) is 6. The molecule has 3 heteroatoms. The molecule has 0 aromatic rings. The lowest BCUT2D eigenvalue weighted by Crippen LogP contribution is -2.05. The van der Waals surface area contributed by atoms with Crippen LogP contribution in [0.4, 0.5) is 0 Å². The minimum atomic E-state index is -0.690. The molecule has 0 saturated carbocycles. The molecule has 0 aliphatic carbocycles. The summed E-state index contributed by atoms with van der Waals surface area (Å²) < 4.78 is 0. The maximum atomic E-state index is 10.3. The van der Waals surface area contributed by atoms with E-state index in [0.717, 1.165) is 64.2 Å². The molecule has 0 rings (SSSR count). The predicted octanol–water partition coefficient (Wildman–Crippen LogP) is 5.64. The number of hydrogen-bond acceptors (Lipinski definition) is 2. The van der Waals surface area contributed by atoms with Crippen molar-refractivity contribution in [3.05, 3.63) is 24.3 Å². The van der Waals surface area contributed by atoms with Crippen molar-refractivity contribution in [2.75, 3.05) is 0 Å². The van der Waals surface area contributed by atoms with Crippen LogP contribution in [0.2, 0.25) is 0 Å². The van der Waals surface area contributed by atoms with Gasteiger partial charge in [-0.3, -0.25) is 4.79 Å². The molecule has 0 aliphatic rings. The molecule has 3 nitrogen and oxygen atoms in total. The van der Waals surface area contributed by atoms with Crippen LogP contribution in [0.1, 0.15) is 90.4 Å². The predicted molar refractivity (Wildman–Crippen MR) is 97.6 cm³/mol. The molecule has 0 aromatic heterocycles. The van der Waals surface area contributed by atoms with Gasteiger partial charge in [0.2, 0.25) is 0 Å². The van der Waals surface area contributed by atoms with Crippen molar-refractivity contribution in [2.24, 2.45) is 0 Å². The van der Waals surface area contributed by atoms with Crippen molar-refractivity contribution < 1.29 is 15.0 Å². The Morgan fingerprint density at radius 1 is 0.870 bits per heavy atom. The summed E-state index contributed by atoms with van der Waals surface area (Å²) in [7, 11) is 0. The first-order chi connectivity index (χ1) is 11.2. The topological polar surface area (TPSA) is 57.5 Å². The lowest BCUT2D eigenvalue weighted by Gasteiger charge is -2.07. The maximum Gasteiger partial charge on any atom is 0.303 e. The Labute approximate surface area is 142 Å². The summed E-state index contributed by atoms with van der Waals surface area (Å²) in [5, 5.41) is 18.3. The van der Waals surface area contributed by atoms with Crippen LogP contribution < -0.4 is 0 Å². The highest BCUT2D eigenvalue weighted by molar-refractivity contribution is 5.66. The third kappa shape index (κ3) is 18.9. The van der Waals surface area contributed by atoms with Gasteiger partial charge in [-0.05, 0) is 44.9 Å². The first-order valence-corrected chi connectivity index (χ1v) is 9.36. The number of carbonyl (C=O) groups is 1. The van der Waals surface area contributed by atoms with Crippen molar-refractivity contribution in [3.63, 3.8) is 0 Å². The average molecular weight is 325 g/mol. The zero-order chi connectivity index (χ0) is 17.2. The van der Waals surface area contributed by atoms with E-state index < -0.39 is 5.97 Å². The Morgan fingerprint density at radius 2 is 1.57 bits per heavy atom. The van der Waals surface area contributed by atoms with Gasteiger partial charge < -0.3 is 10.2 Å². The third-order valence-electron chi connectivity index (χ3n) is 3.92. The van der Waals surface area contributed by atoms with Gasteiger partial charge in [0, 0.05) is 6.42 Å². The summed E-state index contributed by atoms with van der Waals surface area (Å²) in [6.45, 7) is 2.18. The summed E-state index contributed by atoms with van der Waals surface area (Å²) >= 11 is 0. The Hall–Kier alpha value is -1.09. The number of carboxylic acids is 1. The van der Waals surface area contributed by atoms with Gasteiger partial charge >= 0.3 is 5.97 Å². The van der Waals surface area contributed by atoms with E-state index in [1.807, 2.05) is 0 Å². The van der Waals surface area contributed by atoms with Crippen molar-refractivity contribution in [3.8, 4) is 0 Å². The van der Waals surface area contributed by atoms with Crippen molar-refractivity contribution in [1.29, 1.82) is 0 Å². The normalized spacial score (nSPS) is 13.1. The first kappa shape index (κ1) is 21.9.